The lowest BCUT2D eigenvalue weighted by Crippen LogP contribution is -2.57. The van der Waals surface area contributed by atoms with Crippen LogP contribution in [0.15, 0.2) is 0 Å². The highest BCUT2D eigenvalue weighted by molar-refractivity contribution is 7.87. The highest BCUT2D eigenvalue weighted by atomic mass is 32.2. The standard InChI is InChI=1S/C11H26N4O2S/c1-10(9-12)14-5-7-15(8-6-14)18(16,17)13-11(2,3)4/h10,13H,5-9,12H2,1-4H3. The average Bonchev–Trinajstić information content (AvgIpc) is 2.25. The molecular weight excluding hydrogens is 252 g/mol. The first-order valence-corrected chi connectivity index (χ1v) is 7.83. The van der Waals surface area contributed by atoms with Crippen LogP contribution in [0, 0.1) is 0 Å². The maximum atomic E-state index is 12.1. The topological polar surface area (TPSA) is 78.7 Å². The van der Waals surface area contributed by atoms with Gasteiger partial charge in [-0.1, -0.05) is 0 Å². The van der Waals surface area contributed by atoms with E-state index in [-0.39, 0.29) is 0 Å². The van der Waals surface area contributed by atoms with Crippen LogP contribution in [0.25, 0.3) is 0 Å². The minimum Gasteiger partial charge on any atom is -0.329 e. The van der Waals surface area contributed by atoms with Crippen LogP contribution >= 0.6 is 0 Å². The average molecular weight is 278 g/mol. The van der Waals surface area contributed by atoms with Crippen molar-refractivity contribution in [1.82, 2.24) is 13.9 Å². The summed E-state index contributed by atoms with van der Waals surface area (Å²) in [7, 11) is -3.37. The van der Waals surface area contributed by atoms with Gasteiger partial charge in [0.2, 0.25) is 0 Å². The molecule has 0 saturated carbocycles. The van der Waals surface area contributed by atoms with E-state index in [0.717, 1.165) is 13.1 Å². The van der Waals surface area contributed by atoms with Gasteiger partial charge in [-0.25, -0.2) is 0 Å². The lowest BCUT2D eigenvalue weighted by Gasteiger charge is -2.38. The Morgan fingerprint density at radius 1 is 1.22 bits per heavy atom. The molecule has 3 N–H and O–H groups in total. The van der Waals surface area contributed by atoms with Crippen molar-refractivity contribution in [2.75, 3.05) is 32.7 Å². The molecule has 1 heterocycles. The van der Waals surface area contributed by atoms with Crippen LogP contribution in [0.5, 0.6) is 0 Å². The Hall–Kier alpha value is -0.210. The first kappa shape index (κ1) is 15.8. The summed E-state index contributed by atoms with van der Waals surface area (Å²) in [6.07, 6.45) is 0. The number of nitrogens with two attached hydrogens (primary N) is 1. The molecule has 1 rings (SSSR count). The van der Waals surface area contributed by atoms with Crippen LogP contribution in [0.1, 0.15) is 27.7 Å². The monoisotopic (exact) mass is 278 g/mol. The molecular formula is C11H26N4O2S. The zero-order chi connectivity index (χ0) is 14.0. The summed E-state index contributed by atoms with van der Waals surface area (Å²) in [4.78, 5) is 2.23. The van der Waals surface area contributed by atoms with Crippen molar-refractivity contribution in [2.24, 2.45) is 5.73 Å². The molecule has 1 aliphatic heterocycles. The van der Waals surface area contributed by atoms with Crippen LogP contribution < -0.4 is 10.5 Å². The van der Waals surface area contributed by atoms with Crippen LogP contribution in [-0.4, -0.2) is 61.9 Å². The van der Waals surface area contributed by atoms with Gasteiger partial charge < -0.3 is 5.73 Å². The number of hydrogen-bond donors (Lipinski definition) is 2. The summed E-state index contributed by atoms with van der Waals surface area (Å²) >= 11 is 0. The second-order valence-corrected chi connectivity index (χ2v) is 7.55. The van der Waals surface area contributed by atoms with Crippen molar-refractivity contribution in [1.29, 1.82) is 0 Å². The maximum absolute atomic E-state index is 12.1. The molecule has 0 bridgehead atoms. The van der Waals surface area contributed by atoms with Crippen molar-refractivity contribution >= 4 is 10.2 Å². The lowest BCUT2D eigenvalue weighted by atomic mass is 10.1. The Labute approximate surface area is 111 Å². The largest absolute Gasteiger partial charge is 0.329 e. The predicted octanol–water partition coefficient (Wildman–Crippen LogP) is -0.416. The van der Waals surface area contributed by atoms with Crippen LogP contribution in [0.2, 0.25) is 0 Å². The maximum Gasteiger partial charge on any atom is 0.280 e. The van der Waals surface area contributed by atoms with Crippen LogP contribution in [-0.2, 0) is 10.2 Å². The molecule has 1 unspecified atom stereocenters. The summed E-state index contributed by atoms with van der Waals surface area (Å²) in [5, 5.41) is 0. The zero-order valence-electron chi connectivity index (χ0n) is 11.8. The van der Waals surface area contributed by atoms with Gasteiger partial charge in [-0.2, -0.15) is 17.4 Å². The number of piperazine rings is 1. The third-order valence-electron chi connectivity index (χ3n) is 3.01. The predicted molar refractivity (Wildman–Crippen MR) is 73.5 cm³/mol. The molecule has 0 aromatic rings. The number of rotatable bonds is 4. The summed E-state index contributed by atoms with van der Waals surface area (Å²) in [5.41, 5.74) is 5.18. The van der Waals surface area contributed by atoms with Crippen LogP contribution in [0.3, 0.4) is 0 Å². The molecule has 7 heteroatoms. The number of hydrogen-bond acceptors (Lipinski definition) is 4. The molecule has 1 atom stereocenters. The SMILES string of the molecule is CC(CN)N1CCN(S(=O)(=O)NC(C)(C)C)CC1. The van der Waals surface area contributed by atoms with Crippen molar-refractivity contribution in [3.8, 4) is 0 Å². The van der Waals surface area contributed by atoms with Gasteiger partial charge in [0.25, 0.3) is 10.2 Å². The number of nitrogens with one attached hydrogen (secondary N) is 1. The molecule has 0 radical (unpaired) electrons. The molecule has 0 aliphatic carbocycles. The highest BCUT2D eigenvalue weighted by Crippen LogP contribution is 2.11. The van der Waals surface area contributed by atoms with E-state index in [4.69, 9.17) is 5.73 Å². The molecule has 1 aliphatic rings. The quantitative estimate of drug-likeness (QED) is 0.732. The fraction of sp³-hybridized carbons (Fsp3) is 1.00. The second-order valence-electron chi connectivity index (χ2n) is 5.88. The van der Waals surface area contributed by atoms with Gasteiger partial charge in [0.05, 0.1) is 0 Å². The Bertz CT molecular complexity index is 356. The molecule has 0 spiro atoms. The van der Waals surface area contributed by atoms with E-state index in [1.807, 2.05) is 20.8 Å². The van der Waals surface area contributed by atoms with E-state index in [9.17, 15) is 8.42 Å². The molecule has 1 saturated heterocycles. The van der Waals surface area contributed by atoms with Gasteiger partial charge in [-0.05, 0) is 27.7 Å². The Kier molecular flexibility index (Phi) is 5.13. The molecule has 1 fully saturated rings. The zero-order valence-corrected chi connectivity index (χ0v) is 12.6. The molecule has 108 valence electrons. The van der Waals surface area contributed by atoms with Gasteiger partial charge >= 0.3 is 0 Å². The fourth-order valence-corrected chi connectivity index (χ4v) is 3.53. The smallest absolute Gasteiger partial charge is 0.280 e. The third-order valence-corrected chi connectivity index (χ3v) is 4.93. The van der Waals surface area contributed by atoms with E-state index < -0.39 is 15.7 Å². The molecule has 0 aromatic carbocycles. The van der Waals surface area contributed by atoms with Gasteiger partial charge in [-0.15, -0.1) is 0 Å². The first-order chi connectivity index (χ1) is 8.15. The Morgan fingerprint density at radius 3 is 2.11 bits per heavy atom. The summed E-state index contributed by atoms with van der Waals surface area (Å²) < 4.78 is 28.4. The van der Waals surface area contributed by atoms with Gasteiger partial charge in [-0.3, -0.25) is 4.90 Å². The van der Waals surface area contributed by atoms with E-state index in [1.54, 1.807) is 0 Å². The van der Waals surface area contributed by atoms with E-state index in [1.165, 1.54) is 4.31 Å². The molecule has 18 heavy (non-hydrogen) atoms. The first-order valence-electron chi connectivity index (χ1n) is 6.39. The van der Waals surface area contributed by atoms with Gasteiger partial charge in [0.15, 0.2) is 0 Å². The van der Waals surface area contributed by atoms with Crippen LogP contribution in [0.4, 0.5) is 0 Å². The van der Waals surface area contributed by atoms with Gasteiger partial charge in [0.1, 0.15) is 0 Å². The minimum atomic E-state index is -3.37. The fourth-order valence-electron chi connectivity index (χ4n) is 1.99. The van der Waals surface area contributed by atoms with Gasteiger partial charge in [0, 0.05) is 44.3 Å². The lowest BCUT2D eigenvalue weighted by molar-refractivity contribution is 0.147. The summed E-state index contributed by atoms with van der Waals surface area (Å²) in [6.45, 7) is 10.7. The third kappa shape index (κ3) is 4.47. The van der Waals surface area contributed by atoms with Crippen molar-refractivity contribution in [2.45, 2.75) is 39.3 Å². The highest BCUT2D eigenvalue weighted by Gasteiger charge is 2.30. The van der Waals surface area contributed by atoms with E-state index in [2.05, 4.69) is 16.5 Å². The van der Waals surface area contributed by atoms with Crippen molar-refractivity contribution in [3.63, 3.8) is 0 Å². The Balaban J connectivity index is 2.57. The summed E-state index contributed by atoms with van der Waals surface area (Å²) in [6, 6.07) is 0.311. The minimum absolute atomic E-state index is 0.311. The second kappa shape index (κ2) is 5.83. The molecule has 0 amide bonds. The normalized spacial score (nSPS) is 22.1. The Morgan fingerprint density at radius 2 is 1.72 bits per heavy atom. The van der Waals surface area contributed by atoms with E-state index >= 15 is 0 Å². The van der Waals surface area contributed by atoms with Crippen molar-refractivity contribution < 1.29 is 8.42 Å². The van der Waals surface area contributed by atoms with Crippen molar-refractivity contribution in [3.05, 3.63) is 0 Å². The number of nitrogens with zero attached hydrogens (tertiary/aromatic N) is 2. The molecule has 0 aromatic heterocycles. The summed E-state index contributed by atoms with van der Waals surface area (Å²) in [5.74, 6) is 0. The molecule has 6 nitrogen and oxygen atoms in total. The van der Waals surface area contributed by atoms with E-state index in [0.29, 0.717) is 25.7 Å².